The Balaban J connectivity index is 1.86. The van der Waals surface area contributed by atoms with Gasteiger partial charge in [-0.05, 0) is 32.4 Å². The molecule has 25 heavy (non-hydrogen) atoms. The molecule has 0 saturated carbocycles. The largest absolute Gasteiger partial charge is 0.310 e. The number of aromatic nitrogens is 2. The van der Waals surface area contributed by atoms with Crippen LogP contribution in [-0.2, 0) is 16.0 Å². The van der Waals surface area contributed by atoms with Gasteiger partial charge in [-0.2, -0.15) is 0 Å². The van der Waals surface area contributed by atoms with Crippen molar-refractivity contribution in [3.8, 4) is 0 Å². The summed E-state index contributed by atoms with van der Waals surface area (Å²) in [7, 11) is 0. The van der Waals surface area contributed by atoms with Gasteiger partial charge in [0.15, 0.2) is 4.75 Å². The maximum atomic E-state index is 13.0. The van der Waals surface area contributed by atoms with Crippen LogP contribution in [0.5, 0.6) is 0 Å². The third-order valence-electron chi connectivity index (χ3n) is 4.02. The third kappa shape index (κ3) is 3.28. The van der Waals surface area contributed by atoms with Crippen LogP contribution in [0.2, 0.25) is 0 Å². The normalized spacial score (nSPS) is 19.6. The highest BCUT2D eigenvalue weighted by atomic mass is 32.2. The van der Waals surface area contributed by atoms with E-state index < -0.39 is 4.75 Å². The van der Waals surface area contributed by atoms with E-state index in [1.54, 1.807) is 11.8 Å². The smallest absolute Gasteiger partial charge is 0.252 e. The van der Waals surface area contributed by atoms with Crippen LogP contribution >= 0.6 is 23.1 Å². The molecule has 2 aromatic rings. The van der Waals surface area contributed by atoms with E-state index in [-0.39, 0.29) is 11.8 Å². The number of carbonyl (C=O) groups excluding carboxylic acids is 2. The van der Waals surface area contributed by atoms with Crippen LogP contribution in [0.3, 0.4) is 0 Å². The van der Waals surface area contributed by atoms with E-state index in [0.29, 0.717) is 11.7 Å². The quantitative estimate of drug-likeness (QED) is 0.810. The Labute approximate surface area is 155 Å². The van der Waals surface area contributed by atoms with Crippen LogP contribution in [-0.4, -0.2) is 33.3 Å². The minimum absolute atomic E-state index is 0.213. The van der Waals surface area contributed by atoms with Crippen molar-refractivity contribution in [2.24, 2.45) is 0 Å². The van der Waals surface area contributed by atoms with Crippen molar-refractivity contribution in [3.63, 3.8) is 0 Å². The first-order valence-corrected chi connectivity index (χ1v) is 9.86. The van der Waals surface area contributed by atoms with Crippen molar-refractivity contribution in [1.82, 2.24) is 10.2 Å². The minimum Gasteiger partial charge on any atom is -0.310 e. The van der Waals surface area contributed by atoms with E-state index in [1.807, 2.05) is 31.2 Å². The Kier molecular flexibility index (Phi) is 5.10. The van der Waals surface area contributed by atoms with E-state index in [4.69, 9.17) is 0 Å². The van der Waals surface area contributed by atoms with Gasteiger partial charge >= 0.3 is 0 Å². The number of hydrogen-bond acceptors (Lipinski definition) is 6. The molecule has 1 atom stereocenters. The topological polar surface area (TPSA) is 75.2 Å². The zero-order valence-corrected chi connectivity index (χ0v) is 16.0. The van der Waals surface area contributed by atoms with Crippen molar-refractivity contribution in [1.29, 1.82) is 0 Å². The van der Waals surface area contributed by atoms with Gasteiger partial charge in [0.1, 0.15) is 5.01 Å². The maximum absolute atomic E-state index is 13.0. The second-order valence-corrected chi connectivity index (χ2v) is 8.38. The molecule has 1 aliphatic rings. The number of hydrogen-bond donors (Lipinski definition) is 1. The molecule has 1 aromatic heterocycles. The van der Waals surface area contributed by atoms with E-state index in [0.717, 1.165) is 28.4 Å². The van der Waals surface area contributed by atoms with Crippen molar-refractivity contribution < 1.29 is 9.59 Å². The molecule has 0 fully saturated rings. The third-order valence-corrected chi connectivity index (χ3v) is 6.26. The van der Waals surface area contributed by atoms with Crippen molar-refractivity contribution in [3.05, 3.63) is 29.3 Å². The first-order chi connectivity index (χ1) is 12.0. The summed E-state index contributed by atoms with van der Waals surface area (Å²) in [5.74, 6) is -0.579. The van der Waals surface area contributed by atoms with Gasteiger partial charge in [0, 0.05) is 17.9 Å². The lowest BCUT2D eigenvalue weighted by atomic mass is 10.1. The molecule has 1 unspecified atom stereocenters. The molecule has 2 amide bonds. The number of para-hydroxylation sites is 1. The van der Waals surface area contributed by atoms with E-state index in [1.165, 1.54) is 23.1 Å². The first kappa shape index (κ1) is 17.9. The van der Waals surface area contributed by atoms with Crippen LogP contribution in [0, 0.1) is 0 Å². The molecule has 3 rings (SSSR count). The fourth-order valence-corrected chi connectivity index (χ4v) is 4.74. The maximum Gasteiger partial charge on any atom is 0.252 e. The highest BCUT2D eigenvalue weighted by molar-refractivity contribution is 8.02. The Morgan fingerprint density at radius 3 is 2.76 bits per heavy atom. The average molecular weight is 377 g/mol. The minimum atomic E-state index is -1.24. The number of benzene rings is 1. The van der Waals surface area contributed by atoms with Gasteiger partial charge < -0.3 is 4.90 Å². The molecule has 0 saturated heterocycles. The summed E-state index contributed by atoms with van der Waals surface area (Å²) in [6.07, 6.45) is 1.80. The Morgan fingerprint density at radius 1 is 1.28 bits per heavy atom. The first-order valence-electron chi connectivity index (χ1n) is 8.23. The van der Waals surface area contributed by atoms with Crippen LogP contribution in [0.25, 0.3) is 0 Å². The van der Waals surface area contributed by atoms with Crippen molar-refractivity contribution in [2.45, 2.75) is 43.3 Å². The Morgan fingerprint density at radius 2 is 2.04 bits per heavy atom. The van der Waals surface area contributed by atoms with Gasteiger partial charge in [-0.25, -0.2) is 0 Å². The highest BCUT2D eigenvalue weighted by Crippen LogP contribution is 2.45. The Bertz CT molecular complexity index is 807. The summed E-state index contributed by atoms with van der Waals surface area (Å²) in [6, 6.07) is 7.65. The predicted molar refractivity (Wildman–Crippen MR) is 101 cm³/mol. The molecule has 1 N–H and O–H groups in total. The number of nitrogens with zero attached hydrogens (tertiary/aromatic N) is 3. The van der Waals surface area contributed by atoms with Gasteiger partial charge in [0.05, 0.1) is 5.69 Å². The number of anilines is 2. The van der Waals surface area contributed by atoms with Gasteiger partial charge in [0.25, 0.3) is 11.8 Å². The summed E-state index contributed by atoms with van der Waals surface area (Å²) >= 11 is 2.64. The molecule has 1 aromatic carbocycles. The van der Waals surface area contributed by atoms with E-state index in [2.05, 4.69) is 22.4 Å². The number of rotatable bonds is 5. The van der Waals surface area contributed by atoms with E-state index in [9.17, 15) is 9.59 Å². The summed E-state index contributed by atoms with van der Waals surface area (Å²) in [5, 5.41) is 12.2. The lowest BCUT2D eigenvalue weighted by molar-refractivity contribution is -0.128. The van der Waals surface area contributed by atoms with Gasteiger partial charge in [-0.3, -0.25) is 14.9 Å². The molecule has 132 valence electrons. The van der Waals surface area contributed by atoms with Crippen LogP contribution in [0.1, 0.15) is 32.2 Å². The molecular weight excluding hydrogens is 356 g/mol. The van der Waals surface area contributed by atoms with Crippen molar-refractivity contribution >= 4 is 45.7 Å². The zero-order chi connectivity index (χ0) is 18.0. The summed E-state index contributed by atoms with van der Waals surface area (Å²) < 4.78 is -1.24. The molecule has 0 spiro atoms. The summed E-state index contributed by atoms with van der Waals surface area (Å²) in [6.45, 7) is 6.15. The standard InChI is InChI=1S/C17H20N4O2S2/c1-4-8-13-19-20-16(24-13)18-14(22)17(3)15(23)21(5-2)11-9-6-7-10-12(11)25-17/h6-7,9-10H,4-5,8H2,1-3H3,(H,18,20,22). The number of nitrogens with one attached hydrogen (secondary N) is 1. The van der Waals surface area contributed by atoms with Crippen LogP contribution in [0.4, 0.5) is 10.8 Å². The Hall–Kier alpha value is -1.93. The lowest BCUT2D eigenvalue weighted by Gasteiger charge is -2.38. The molecule has 1 aliphatic heterocycles. The fraction of sp³-hybridized carbons (Fsp3) is 0.412. The number of carbonyl (C=O) groups is 2. The molecule has 6 nitrogen and oxygen atoms in total. The van der Waals surface area contributed by atoms with Gasteiger partial charge in [-0.1, -0.05) is 42.2 Å². The van der Waals surface area contributed by atoms with Crippen LogP contribution in [0.15, 0.2) is 29.2 Å². The van der Waals surface area contributed by atoms with Gasteiger partial charge in [0.2, 0.25) is 5.13 Å². The average Bonchev–Trinajstić information content (AvgIpc) is 3.03. The second-order valence-electron chi connectivity index (χ2n) is 5.86. The van der Waals surface area contributed by atoms with Crippen molar-refractivity contribution in [2.75, 3.05) is 16.8 Å². The number of thioether (sulfide) groups is 1. The second kappa shape index (κ2) is 7.13. The van der Waals surface area contributed by atoms with E-state index >= 15 is 0 Å². The fourth-order valence-electron chi connectivity index (χ4n) is 2.69. The monoisotopic (exact) mass is 376 g/mol. The number of fused-ring (bicyclic) bond motifs is 1. The predicted octanol–water partition coefficient (Wildman–Crippen LogP) is 3.35. The molecule has 0 aliphatic carbocycles. The summed E-state index contributed by atoms with van der Waals surface area (Å²) in [4.78, 5) is 28.5. The summed E-state index contributed by atoms with van der Waals surface area (Å²) in [5.41, 5.74) is 0.853. The molecular formula is C17H20N4O2S2. The van der Waals surface area contributed by atoms with Crippen LogP contribution < -0.4 is 10.2 Å². The molecule has 2 heterocycles. The van der Waals surface area contributed by atoms with Gasteiger partial charge in [-0.15, -0.1) is 10.2 Å². The zero-order valence-electron chi connectivity index (χ0n) is 14.4. The number of amides is 2. The molecule has 8 heteroatoms. The molecule has 0 radical (unpaired) electrons. The highest BCUT2D eigenvalue weighted by Gasteiger charge is 2.49. The number of aryl methyl sites for hydroxylation is 1. The molecule has 0 bridgehead atoms. The SMILES string of the molecule is CCCc1nnc(NC(=O)C2(C)Sc3ccccc3N(CC)C2=O)s1. The lowest BCUT2D eigenvalue weighted by Crippen LogP contribution is -2.54.